The molecular formula is C10H9ClN2. The van der Waals surface area contributed by atoms with Gasteiger partial charge in [-0.1, -0.05) is 6.07 Å². The first-order chi connectivity index (χ1) is 5.97. The highest BCUT2D eigenvalue weighted by Crippen LogP contribution is 2.12. The molecule has 0 bridgehead atoms. The van der Waals surface area contributed by atoms with E-state index in [0.29, 0.717) is 0 Å². The summed E-state index contributed by atoms with van der Waals surface area (Å²) in [6.07, 6.45) is 5.58. The lowest BCUT2D eigenvalue weighted by Crippen LogP contribution is -3.00. The van der Waals surface area contributed by atoms with Crippen LogP contribution >= 0.6 is 0 Å². The molecule has 1 N–H and O–H groups in total. The van der Waals surface area contributed by atoms with E-state index in [2.05, 4.69) is 9.97 Å². The molecule has 0 aliphatic rings. The smallest absolute Gasteiger partial charge is 0.167 e. The molecule has 0 saturated carbocycles. The van der Waals surface area contributed by atoms with Crippen molar-refractivity contribution in [2.45, 2.75) is 0 Å². The molecule has 0 spiro atoms. The van der Waals surface area contributed by atoms with Crippen molar-refractivity contribution < 1.29 is 17.4 Å². The molecule has 3 heteroatoms. The number of pyridine rings is 2. The fraction of sp³-hybridized carbons (Fsp3) is 0. The van der Waals surface area contributed by atoms with Gasteiger partial charge in [-0.15, -0.1) is 0 Å². The number of H-pyrrole nitrogens is 1. The topological polar surface area (TPSA) is 27.0 Å². The van der Waals surface area contributed by atoms with Gasteiger partial charge in [0.2, 0.25) is 0 Å². The number of halogens is 1. The van der Waals surface area contributed by atoms with Gasteiger partial charge < -0.3 is 12.4 Å². The number of aromatic amines is 1. The Morgan fingerprint density at radius 2 is 1.77 bits per heavy atom. The summed E-state index contributed by atoms with van der Waals surface area (Å²) < 4.78 is 0. The van der Waals surface area contributed by atoms with Gasteiger partial charge in [-0.25, -0.2) is 4.98 Å². The average Bonchev–Trinajstić information content (AvgIpc) is 2.21. The first-order valence-corrected chi connectivity index (χ1v) is 3.84. The van der Waals surface area contributed by atoms with E-state index >= 15 is 0 Å². The van der Waals surface area contributed by atoms with E-state index in [1.165, 1.54) is 0 Å². The van der Waals surface area contributed by atoms with E-state index in [1.54, 1.807) is 6.20 Å². The Kier molecular flexibility index (Phi) is 3.41. The van der Waals surface area contributed by atoms with Crippen molar-refractivity contribution in [2.75, 3.05) is 0 Å². The largest absolute Gasteiger partial charge is 1.00 e. The minimum Gasteiger partial charge on any atom is -1.00 e. The Balaban J connectivity index is 0.000000845. The van der Waals surface area contributed by atoms with E-state index in [1.807, 2.05) is 42.7 Å². The lowest BCUT2D eigenvalue weighted by molar-refractivity contribution is -0.377. The van der Waals surface area contributed by atoms with Gasteiger partial charge in [0.25, 0.3) is 0 Å². The Labute approximate surface area is 83.1 Å². The molecule has 0 radical (unpaired) electrons. The van der Waals surface area contributed by atoms with Crippen molar-refractivity contribution in [3.8, 4) is 11.3 Å². The monoisotopic (exact) mass is 192 g/mol. The van der Waals surface area contributed by atoms with Crippen molar-refractivity contribution in [2.24, 2.45) is 0 Å². The number of nitrogens with zero attached hydrogens (tertiary/aromatic N) is 1. The molecule has 0 unspecified atom stereocenters. The van der Waals surface area contributed by atoms with E-state index in [9.17, 15) is 0 Å². The molecule has 2 nitrogen and oxygen atoms in total. The van der Waals surface area contributed by atoms with Crippen LogP contribution in [0.25, 0.3) is 11.3 Å². The molecule has 0 aliphatic heterocycles. The van der Waals surface area contributed by atoms with Crippen molar-refractivity contribution in [3.63, 3.8) is 0 Å². The van der Waals surface area contributed by atoms with Gasteiger partial charge in [0.15, 0.2) is 12.4 Å². The Morgan fingerprint density at radius 1 is 1.00 bits per heavy atom. The molecule has 0 aliphatic carbocycles. The normalized spacial score (nSPS) is 8.92. The third-order valence-electron chi connectivity index (χ3n) is 1.68. The summed E-state index contributed by atoms with van der Waals surface area (Å²) in [5.41, 5.74) is 2.14. The third kappa shape index (κ3) is 2.26. The van der Waals surface area contributed by atoms with Crippen molar-refractivity contribution >= 4 is 0 Å². The van der Waals surface area contributed by atoms with Gasteiger partial charge in [-0.05, 0) is 12.1 Å². The summed E-state index contributed by atoms with van der Waals surface area (Å²) >= 11 is 0. The van der Waals surface area contributed by atoms with Gasteiger partial charge in [0, 0.05) is 23.9 Å². The lowest BCUT2D eigenvalue weighted by Gasteiger charge is -1.95. The van der Waals surface area contributed by atoms with Crippen molar-refractivity contribution in [1.82, 2.24) is 4.98 Å². The number of nitrogens with one attached hydrogen (secondary N) is 1. The average molecular weight is 193 g/mol. The van der Waals surface area contributed by atoms with Gasteiger partial charge in [-0.2, -0.15) is 0 Å². The van der Waals surface area contributed by atoms with E-state index < -0.39 is 0 Å². The van der Waals surface area contributed by atoms with E-state index in [4.69, 9.17) is 0 Å². The highest BCUT2D eigenvalue weighted by atomic mass is 35.5. The van der Waals surface area contributed by atoms with Crippen LogP contribution in [0, 0.1) is 0 Å². The number of aromatic nitrogens is 2. The van der Waals surface area contributed by atoms with Crippen LogP contribution in [0.4, 0.5) is 0 Å². The Morgan fingerprint density at radius 3 is 2.38 bits per heavy atom. The van der Waals surface area contributed by atoms with Gasteiger partial charge >= 0.3 is 0 Å². The van der Waals surface area contributed by atoms with Crippen LogP contribution in [-0.2, 0) is 0 Å². The summed E-state index contributed by atoms with van der Waals surface area (Å²) in [6, 6.07) is 9.90. The van der Waals surface area contributed by atoms with Crippen LogP contribution in [0.2, 0.25) is 0 Å². The maximum atomic E-state index is 4.24. The lowest BCUT2D eigenvalue weighted by atomic mass is 10.2. The summed E-state index contributed by atoms with van der Waals surface area (Å²) in [5.74, 6) is 0. The summed E-state index contributed by atoms with van der Waals surface area (Å²) in [5, 5.41) is 0. The third-order valence-corrected chi connectivity index (χ3v) is 1.68. The fourth-order valence-electron chi connectivity index (χ4n) is 1.09. The van der Waals surface area contributed by atoms with Crippen LogP contribution in [-0.4, -0.2) is 4.98 Å². The summed E-state index contributed by atoms with van der Waals surface area (Å²) in [6.45, 7) is 0. The zero-order chi connectivity index (χ0) is 8.23. The Hall–Kier alpha value is -1.41. The van der Waals surface area contributed by atoms with Crippen molar-refractivity contribution in [1.29, 1.82) is 0 Å². The predicted octanol–water partition coefficient (Wildman–Crippen LogP) is -1.43. The molecular weight excluding hydrogens is 184 g/mol. The molecule has 0 fully saturated rings. The Bertz CT molecular complexity index is 310. The van der Waals surface area contributed by atoms with Crippen LogP contribution in [0.3, 0.4) is 0 Å². The minimum absolute atomic E-state index is 0. The van der Waals surface area contributed by atoms with Crippen LogP contribution in [0.5, 0.6) is 0 Å². The van der Waals surface area contributed by atoms with Gasteiger partial charge in [0.1, 0.15) is 0 Å². The summed E-state index contributed by atoms with van der Waals surface area (Å²) in [7, 11) is 0. The zero-order valence-corrected chi connectivity index (χ0v) is 7.70. The van der Waals surface area contributed by atoms with Crippen LogP contribution in [0.1, 0.15) is 0 Å². The van der Waals surface area contributed by atoms with Crippen molar-refractivity contribution in [3.05, 3.63) is 48.9 Å². The second-order valence-electron chi connectivity index (χ2n) is 2.50. The molecule has 0 aromatic carbocycles. The second kappa shape index (κ2) is 4.58. The molecule has 2 rings (SSSR count). The minimum atomic E-state index is 0. The SMILES string of the molecule is [Cl-].c1ccc(-c2cc[nH+]cc2)nc1. The van der Waals surface area contributed by atoms with Gasteiger partial charge in [-0.3, -0.25) is 4.98 Å². The maximum absolute atomic E-state index is 4.24. The molecule has 2 heterocycles. The molecule has 13 heavy (non-hydrogen) atoms. The predicted molar refractivity (Wildman–Crippen MR) is 46.2 cm³/mol. The quantitative estimate of drug-likeness (QED) is 0.544. The molecule has 0 saturated heterocycles. The highest BCUT2D eigenvalue weighted by molar-refractivity contribution is 5.56. The number of hydrogen-bond acceptors (Lipinski definition) is 1. The van der Waals surface area contributed by atoms with Gasteiger partial charge in [0.05, 0.1) is 5.69 Å². The number of rotatable bonds is 1. The second-order valence-corrected chi connectivity index (χ2v) is 2.50. The summed E-state index contributed by atoms with van der Waals surface area (Å²) in [4.78, 5) is 7.21. The van der Waals surface area contributed by atoms with Crippen LogP contribution < -0.4 is 17.4 Å². The van der Waals surface area contributed by atoms with E-state index in [-0.39, 0.29) is 12.4 Å². The molecule has 2 aromatic rings. The van der Waals surface area contributed by atoms with Crippen LogP contribution in [0.15, 0.2) is 48.9 Å². The number of hydrogen-bond donors (Lipinski definition) is 0. The zero-order valence-electron chi connectivity index (χ0n) is 6.94. The van der Waals surface area contributed by atoms with E-state index in [0.717, 1.165) is 11.3 Å². The fourth-order valence-corrected chi connectivity index (χ4v) is 1.09. The highest BCUT2D eigenvalue weighted by Gasteiger charge is 1.96. The maximum Gasteiger partial charge on any atom is 0.167 e. The first-order valence-electron chi connectivity index (χ1n) is 3.84. The standard InChI is InChI=1S/C10H8N2.ClH/c1-2-6-12-10(3-1)9-4-7-11-8-5-9;/h1-8H;1H. The molecule has 0 amide bonds. The first kappa shape index (κ1) is 9.68. The molecule has 0 atom stereocenters. The molecule has 66 valence electrons. The molecule has 2 aromatic heterocycles.